The van der Waals surface area contributed by atoms with Gasteiger partial charge in [-0.2, -0.15) is 0 Å². The molecule has 2 atom stereocenters. The molecular weight excluding hydrogens is 258 g/mol. The molecular formula is C15H19NO4. The summed E-state index contributed by atoms with van der Waals surface area (Å²) in [5.41, 5.74) is 2.46. The lowest BCUT2D eigenvalue weighted by Gasteiger charge is -2.25. The Kier molecular flexibility index (Phi) is 4.74. The Balaban J connectivity index is 1.99. The zero-order valence-electron chi connectivity index (χ0n) is 11.5. The molecule has 0 heterocycles. The second kappa shape index (κ2) is 6.52. The van der Waals surface area contributed by atoms with Crippen molar-refractivity contribution in [3.63, 3.8) is 0 Å². The van der Waals surface area contributed by atoms with Gasteiger partial charge in [-0.1, -0.05) is 24.3 Å². The number of fused-ring (bicyclic) bond motifs is 1. The Labute approximate surface area is 117 Å². The van der Waals surface area contributed by atoms with E-state index in [4.69, 9.17) is 9.84 Å². The first-order chi connectivity index (χ1) is 9.61. The van der Waals surface area contributed by atoms with E-state index in [2.05, 4.69) is 11.4 Å². The summed E-state index contributed by atoms with van der Waals surface area (Å²) in [4.78, 5) is 23.2. The van der Waals surface area contributed by atoms with Crippen molar-refractivity contribution in [2.45, 2.75) is 25.3 Å². The Morgan fingerprint density at radius 2 is 2.10 bits per heavy atom. The van der Waals surface area contributed by atoms with E-state index in [1.54, 1.807) is 0 Å². The van der Waals surface area contributed by atoms with E-state index < -0.39 is 12.0 Å². The van der Waals surface area contributed by atoms with Crippen LogP contribution in [0.5, 0.6) is 0 Å². The van der Waals surface area contributed by atoms with Gasteiger partial charge in [0.05, 0.1) is 6.61 Å². The van der Waals surface area contributed by atoms with E-state index in [0.717, 1.165) is 12.8 Å². The number of carboxylic acids is 1. The Hall–Kier alpha value is -1.88. The summed E-state index contributed by atoms with van der Waals surface area (Å²) in [5.74, 6) is -1.44. The Morgan fingerprint density at radius 1 is 1.40 bits per heavy atom. The number of methoxy groups -OCH3 is 1. The number of aliphatic carboxylic acids is 1. The highest BCUT2D eigenvalue weighted by Gasteiger charge is 2.28. The highest BCUT2D eigenvalue weighted by molar-refractivity contribution is 5.85. The number of carboxylic acid groups (broad SMARTS) is 1. The van der Waals surface area contributed by atoms with Gasteiger partial charge in [0.1, 0.15) is 0 Å². The normalized spacial score (nSPS) is 18.9. The minimum absolute atomic E-state index is 0.0234. The van der Waals surface area contributed by atoms with Crippen LogP contribution in [0.4, 0.5) is 0 Å². The molecule has 5 heteroatoms. The van der Waals surface area contributed by atoms with Gasteiger partial charge in [0.15, 0.2) is 6.04 Å². The van der Waals surface area contributed by atoms with Crippen LogP contribution < -0.4 is 5.32 Å². The molecule has 2 unspecified atom stereocenters. The van der Waals surface area contributed by atoms with Gasteiger partial charge in [0.2, 0.25) is 5.91 Å². The van der Waals surface area contributed by atoms with Crippen molar-refractivity contribution in [3.8, 4) is 0 Å². The molecule has 0 saturated carbocycles. The SMILES string of the molecule is COCC(NC(=O)C1CCc2ccccc2C1)C(=O)O. The molecule has 5 nitrogen and oxygen atoms in total. The van der Waals surface area contributed by atoms with Crippen molar-refractivity contribution >= 4 is 11.9 Å². The van der Waals surface area contributed by atoms with Crippen molar-refractivity contribution in [1.29, 1.82) is 0 Å². The smallest absolute Gasteiger partial charge is 0.328 e. The van der Waals surface area contributed by atoms with Crippen LogP contribution in [0.2, 0.25) is 0 Å². The number of aryl methyl sites for hydroxylation is 1. The molecule has 0 aliphatic heterocycles. The second-order valence-corrected chi connectivity index (χ2v) is 5.06. The molecule has 0 saturated heterocycles. The predicted octanol–water partition coefficient (Wildman–Crippen LogP) is 1.01. The Morgan fingerprint density at radius 3 is 2.75 bits per heavy atom. The number of nitrogens with one attached hydrogen (secondary N) is 1. The first-order valence-electron chi connectivity index (χ1n) is 6.70. The topological polar surface area (TPSA) is 75.6 Å². The molecule has 1 aliphatic carbocycles. The first-order valence-corrected chi connectivity index (χ1v) is 6.70. The first kappa shape index (κ1) is 14.5. The van der Waals surface area contributed by atoms with Gasteiger partial charge in [0, 0.05) is 13.0 Å². The third kappa shape index (κ3) is 3.36. The van der Waals surface area contributed by atoms with Crippen LogP contribution in [-0.2, 0) is 27.2 Å². The van der Waals surface area contributed by atoms with E-state index in [1.165, 1.54) is 18.2 Å². The maximum atomic E-state index is 12.2. The lowest BCUT2D eigenvalue weighted by Crippen LogP contribution is -2.47. The highest BCUT2D eigenvalue weighted by atomic mass is 16.5. The quantitative estimate of drug-likeness (QED) is 0.842. The van der Waals surface area contributed by atoms with Crippen LogP contribution in [0.1, 0.15) is 17.5 Å². The van der Waals surface area contributed by atoms with Crippen molar-refractivity contribution < 1.29 is 19.4 Å². The lowest BCUT2D eigenvalue weighted by molar-refractivity contribution is -0.144. The van der Waals surface area contributed by atoms with Gasteiger partial charge in [-0.05, 0) is 30.4 Å². The van der Waals surface area contributed by atoms with Crippen molar-refractivity contribution in [3.05, 3.63) is 35.4 Å². The molecule has 0 spiro atoms. The number of carbonyl (C=O) groups excluding carboxylic acids is 1. The summed E-state index contributed by atoms with van der Waals surface area (Å²) >= 11 is 0. The summed E-state index contributed by atoms with van der Waals surface area (Å²) in [5, 5.41) is 11.6. The maximum Gasteiger partial charge on any atom is 0.328 e. The average molecular weight is 277 g/mol. The van der Waals surface area contributed by atoms with Crippen LogP contribution in [0.25, 0.3) is 0 Å². The molecule has 0 aromatic heterocycles. The zero-order chi connectivity index (χ0) is 14.5. The van der Waals surface area contributed by atoms with Crippen LogP contribution in [-0.4, -0.2) is 36.7 Å². The standard InChI is InChI=1S/C15H19NO4/c1-20-9-13(15(18)19)16-14(17)12-7-6-10-4-2-3-5-11(10)8-12/h2-5,12-13H,6-9H2,1H3,(H,16,17)(H,18,19). The van der Waals surface area contributed by atoms with Crippen molar-refractivity contribution in [1.82, 2.24) is 5.32 Å². The van der Waals surface area contributed by atoms with Crippen molar-refractivity contribution in [2.24, 2.45) is 5.92 Å². The number of amides is 1. The summed E-state index contributed by atoms with van der Waals surface area (Å²) in [6.07, 6.45) is 2.28. The lowest BCUT2D eigenvalue weighted by atomic mass is 9.83. The fourth-order valence-corrected chi connectivity index (χ4v) is 2.55. The minimum Gasteiger partial charge on any atom is -0.480 e. The molecule has 20 heavy (non-hydrogen) atoms. The van der Waals surface area contributed by atoms with Gasteiger partial charge in [-0.3, -0.25) is 4.79 Å². The third-order valence-electron chi connectivity index (χ3n) is 3.67. The fraction of sp³-hybridized carbons (Fsp3) is 0.467. The summed E-state index contributed by atoms with van der Waals surface area (Å²) in [7, 11) is 1.42. The summed E-state index contributed by atoms with van der Waals surface area (Å²) in [6.45, 7) is -0.0234. The van der Waals surface area contributed by atoms with E-state index in [1.807, 2.05) is 18.2 Å². The van der Waals surface area contributed by atoms with E-state index in [0.29, 0.717) is 6.42 Å². The van der Waals surface area contributed by atoms with Crippen LogP contribution in [0.3, 0.4) is 0 Å². The Bertz CT molecular complexity index is 500. The predicted molar refractivity (Wildman–Crippen MR) is 73.4 cm³/mol. The van der Waals surface area contributed by atoms with Gasteiger partial charge >= 0.3 is 5.97 Å². The third-order valence-corrected chi connectivity index (χ3v) is 3.67. The van der Waals surface area contributed by atoms with E-state index >= 15 is 0 Å². The largest absolute Gasteiger partial charge is 0.480 e. The second-order valence-electron chi connectivity index (χ2n) is 5.06. The number of carbonyl (C=O) groups is 2. The van der Waals surface area contributed by atoms with Crippen LogP contribution >= 0.6 is 0 Å². The average Bonchev–Trinajstić information content (AvgIpc) is 2.46. The molecule has 1 amide bonds. The molecule has 1 aliphatic rings. The number of ether oxygens (including phenoxy) is 1. The van der Waals surface area contributed by atoms with E-state index in [9.17, 15) is 9.59 Å². The summed E-state index contributed by atoms with van der Waals surface area (Å²) in [6, 6.07) is 7.08. The van der Waals surface area contributed by atoms with E-state index in [-0.39, 0.29) is 18.4 Å². The molecule has 2 rings (SSSR count). The van der Waals surface area contributed by atoms with Gasteiger partial charge in [0.25, 0.3) is 0 Å². The minimum atomic E-state index is -1.07. The molecule has 0 fully saturated rings. The monoisotopic (exact) mass is 277 g/mol. The number of hydrogen-bond acceptors (Lipinski definition) is 3. The molecule has 1 aromatic rings. The summed E-state index contributed by atoms with van der Waals surface area (Å²) < 4.78 is 4.81. The maximum absolute atomic E-state index is 12.2. The highest BCUT2D eigenvalue weighted by Crippen LogP contribution is 2.25. The molecule has 1 aromatic carbocycles. The molecule has 108 valence electrons. The van der Waals surface area contributed by atoms with Gasteiger partial charge < -0.3 is 15.2 Å². The number of benzene rings is 1. The van der Waals surface area contributed by atoms with Gasteiger partial charge in [-0.25, -0.2) is 4.79 Å². The molecule has 0 bridgehead atoms. The van der Waals surface area contributed by atoms with Crippen LogP contribution in [0, 0.1) is 5.92 Å². The van der Waals surface area contributed by atoms with Crippen molar-refractivity contribution in [2.75, 3.05) is 13.7 Å². The number of rotatable bonds is 5. The fourth-order valence-electron chi connectivity index (χ4n) is 2.55. The van der Waals surface area contributed by atoms with Crippen LogP contribution in [0.15, 0.2) is 24.3 Å². The number of hydrogen-bond donors (Lipinski definition) is 2. The zero-order valence-corrected chi connectivity index (χ0v) is 11.5. The van der Waals surface area contributed by atoms with Gasteiger partial charge in [-0.15, -0.1) is 0 Å². The molecule has 2 N–H and O–H groups in total. The molecule has 0 radical (unpaired) electrons.